The molecule has 0 saturated carbocycles. The number of rotatable bonds is 3. The van der Waals surface area contributed by atoms with Crippen molar-refractivity contribution in [2.75, 3.05) is 0 Å². The SMILES string of the molecule is Cc1cc(Cl)nc(Cn2cccc([N+](=O)[O-])c2=O)n1. The summed E-state index contributed by atoms with van der Waals surface area (Å²) in [5.41, 5.74) is -0.525. The fraction of sp³-hybridized carbons (Fsp3) is 0.182. The van der Waals surface area contributed by atoms with Gasteiger partial charge in [-0.15, -0.1) is 0 Å². The summed E-state index contributed by atoms with van der Waals surface area (Å²) in [6, 6.07) is 4.17. The number of hydrogen-bond donors (Lipinski definition) is 0. The number of nitrogens with zero attached hydrogens (tertiary/aromatic N) is 4. The average molecular weight is 281 g/mol. The number of pyridine rings is 1. The van der Waals surface area contributed by atoms with Gasteiger partial charge in [0.15, 0.2) is 0 Å². The van der Waals surface area contributed by atoms with Gasteiger partial charge in [0.1, 0.15) is 11.0 Å². The zero-order chi connectivity index (χ0) is 14.0. The van der Waals surface area contributed by atoms with Crippen LogP contribution in [0.5, 0.6) is 0 Å². The molecule has 0 spiro atoms. The fourth-order valence-corrected chi connectivity index (χ4v) is 1.85. The highest BCUT2D eigenvalue weighted by Gasteiger charge is 2.14. The Kier molecular flexibility index (Phi) is 3.57. The van der Waals surface area contributed by atoms with Crippen molar-refractivity contribution >= 4 is 17.3 Å². The molecular weight excluding hydrogens is 272 g/mol. The van der Waals surface area contributed by atoms with E-state index in [1.165, 1.54) is 16.8 Å². The Bertz CT molecular complexity index is 678. The van der Waals surface area contributed by atoms with Crippen LogP contribution in [0.15, 0.2) is 29.2 Å². The Hall–Kier alpha value is -2.28. The predicted molar refractivity (Wildman–Crippen MR) is 68.2 cm³/mol. The largest absolute Gasteiger partial charge is 0.334 e. The van der Waals surface area contributed by atoms with Crippen molar-refractivity contribution in [3.63, 3.8) is 0 Å². The van der Waals surface area contributed by atoms with Gasteiger partial charge in [-0.3, -0.25) is 14.9 Å². The van der Waals surface area contributed by atoms with E-state index in [-0.39, 0.29) is 11.7 Å². The van der Waals surface area contributed by atoms with Gasteiger partial charge in [-0.1, -0.05) is 11.6 Å². The topological polar surface area (TPSA) is 90.9 Å². The van der Waals surface area contributed by atoms with Gasteiger partial charge >= 0.3 is 11.2 Å². The van der Waals surface area contributed by atoms with Gasteiger partial charge in [0.2, 0.25) is 0 Å². The third-order valence-electron chi connectivity index (χ3n) is 2.38. The highest BCUT2D eigenvalue weighted by Crippen LogP contribution is 2.08. The lowest BCUT2D eigenvalue weighted by atomic mass is 10.4. The van der Waals surface area contributed by atoms with E-state index >= 15 is 0 Å². The van der Waals surface area contributed by atoms with E-state index in [0.29, 0.717) is 11.5 Å². The number of aryl methyl sites for hydroxylation is 1. The zero-order valence-electron chi connectivity index (χ0n) is 9.91. The minimum Gasteiger partial charge on any atom is -0.302 e. The highest BCUT2D eigenvalue weighted by molar-refractivity contribution is 6.29. The maximum absolute atomic E-state index is 11.8. The molecule has 19 heavy (non-hydrogen) atoms. The molecule has 98 valence electrons. The van der Waals surface area contributed by atoms with Gasteiger partial charge in [0.05, 0.1) is 11.5 Å². The molecule has 2 aromatic rings. The van der Waals surface area contributed by atoms with E-state index in [9.17, 15) is 14.9 Å². The summed E-state index contributed by atoms with van der Waals surface area (Å²) in [5.74, 6) is 0.326. The summed E-state index contributed by atoms with van der Waals surface area (Å²) < 4.78 is 1.17. The molecule has 8 heteroatoms. The molecule has 0 fully saturated rings. The third-order valence-corrected chi connectivity index (χ3v) is 2.57. The molecule has 2 aromatic heterocycles. The lowest BCUT2D eigenvalue weighted by molar-refractivity contribution is -0.386. The average Bonchev–Trinajstić information content (AvgIpc) is 2.30. The summed E-state index contributed by atoms with van der Waals surface area (Å²) in [7, 11) is 0. The van der Waals surface area contributed by atoms with Gasteiger partial charge in [-0.05, 0) is 19.1 Å². The monoisotopic (exact) mass is 280 g/mol. The van der Waals surface area contributed by atoms with Crippen LogP contribution in [0.2, 0.25) is 5.15 Å². The van der Waals surface area contributed by atoms with E-state index in [2.05, 4.69) is 9.97 Å². The van der Waals surface area contributed by atoms with Crippen LogP contribution in [0, 0.1) is 17.0 Å². The summed E-state index contributed by atoms with van der Waals surface area (Å²) in [4.78, 5) is 29.9. The maximum Gasteiger partial charge on any atom is 0.334 e. The summed E-state index contributed by atoms with van der Waals surface area (Å²) in [6.07, 6.45) is 1.44. The lowest BCUT2D eigenvalue weighted by Gasteiger charge is -2.05. The molecule has 2 rings (SSSR count). The molecule has 0 saturated heterocycles. The maximum atomic E-state index is 11.8. The fourth-order valence-electron chi connectivity index (χ4n) is 1.60. The van der Waals surface area contributed by atoms with Crippen molar-refractivity contribution in [3.8, 4) is 0 Å². The first kappa shape index (κ1) is 13.2. The molecule has 0 aromatic carbocycles. The Morgan fingerprint density at radius 2 is 2.21 bits per heavy atom. The van der Waals surface area contributed by atoms with Crippen molar-refractivity contribution in [2.24, 2.45) is 0 Å². The van der Waals surface area contributed by atoms with Crippen LogP contribution in [-0.2, 0) is 6.54 Å². The van der Waals surface area contributed by atoms with Gasteiger partial charge < -0.3 is 4.57 Å². The predicted octanol–water partition coefficient (Wildman–Crippen LogP) is 1.56. The molecule has 0 unspecified atom stereocenters. The quantitative estimate of drug-likeness (QED) is 0.483. The Morgan fingerprint density at radius 1 is 1.47 bits per heavy atom. The zero-order valence-corrected chi connectivity index (χ0v) is 10.7. The second-order valence-electron chi connectivity index (χ2n) is 3.83. The van der Waals surface area contributed by atoms with Crippen LogP contribution in [0.3, 0.4) is 0 Å². The Morgan fingerprint density at radius 3 is 2.84 bits per heavy atom. The molecule has 0 aliphatic rings. The minimum atomic E-state index is -0.719. The van der Waals surface area contributed by atoms with E-state index in [1.54, 1.807) is 13.0 Å². The molecule has 0 aliphatic heterocycles. The van der Waals surface area contributed by atoms with E-state index in [0.717, 1.165) is 6.07 Å². The molecule has 0 bridgehead atoms. The lowest BCUT2D eigenvalue weighted by Crippen LogP contribution is -2.23. The van der Waals surface area contributed by atoms with Gasteiger partial charge in [-0.2, -0.15) is 0 Å². The smallest absolute Gasteiger partial charge is 0.302 e. The first-order valence-electron chi connectivity index (χ1n) is 5.31. The molecule has 0 radical (unpaired) electrons. The molecule has 2 heterocycles. The molecule has 7 nitrogen and oxygen atoms in total. The van der Waals surface area contributed by atoms with Crippen LogP contribution >= 0.6 is 11.6 Å². The van der Waals surface area contributed by atoms with Crippen molar-refractivity contribution in [3.05, 3.63) is 61.5 Å². The third kappa shape index (κ3) is 2.94. The van der Waals surface area contributed by atoms with Gasteiger partial charge in [0.25, 0.3) is 0 Å². The van der Waals surface area contributed by atoms with E-state index in [4.69, 9.17) is 11.6 Å². The van der Waals surface area contributed by atoms with Crippen molar-refractivity contribution in [2.45, 2.75) is 13.5 Å². The van der Waals surface area contributed by atoms with Crippen LogP contribution in [0.25, 0.3) is 0 Å². The standard InChI is InChI=1S/C11H9ClN4O3/c1-7-5-9(12)14-10(13-7)6-15-4-2-3-8(11(15)17)16(18)19/h2-5H,6H2,1H3. The highest BCUT2D eigenvalue weighted by atomic mass is 35.5. The van der Waals surface area contributed by atoms with Crippen molar-refractivity contribution in [1.29, 1.82) is 0 Å². The summed E-state index contributed by atoms with van der Waals surface area (Å²) in [5, 5.41) is 10.9. The second kappa shape index (κ2) is 5.15. The van der Waals surface area contributed by atoms with Crippen molar-refractivity contribution in [1.82, 2.24) is 14.5 Å². The van der Waals surface area contributed by atoms with Crippen LogP contribution in [-0.4, -0.2) is 19.5 Å². The molecule has 0 aliphatic carbocycles. The molecule has 0 N–H and O–H groups in total. The summed E-state index contributed by atoms with van der Waals surface area (Å²) >= 11 is 5.79. The summed E-state index contributed by atoms with van der Waals surface area (Å²) in [6.45, 7) is 1.77. The van der Waals surface area contributed by atoms with E-state index < -0.39 is 16.2 Å². The van der Waals surface area contributed by atoms with Gasteiger partial charge in [0, 0.05) is 18.0 Å². The number of halogens is 1. The minimum absolute atomic E-state index is 0.0297. The molecular formula is C11H9ClN4O3. The van der Waals surface area contributed by atoms with Gasteiger partial charge in [-0.25, -0.2) is 9.97 Å². The van der Waals surface area contributed by atoms with Crippen LogP contribution in [0.4, 0.5) is 5.69 Å². The Labute approximate surface area is 112 Å². The first-order valence-corrected chi connectivity index (χ1v) is 5.69. The van der Waals surface area contributed by atoms with Crippen LogP contribution < -0.4 is 5.56 Å². The normalized spacial score (nSPS) is 10.4. The van der Waals surface area contributed by atoms with E-state index in [1.807, 2.05) is 0 Å². The molecule has 0 atom stereocenters. The number of nitro groups is 1. The Balaban J connectivity index is 2.41. The number of aromatic nitrogens is 3. The first-order chi connectivity index (χ1) is 8.97. The number of hydrogen-bond acceptors (Lipinski definition) is 5. The second-order valence-corrected chi connectivity index (χ2v) is 4.22. The van der Waals surface area contributed by atoms with Crippen LogP contribution in [0.1, 0.15) is 11.5 Å². The van der Waals surface area contributed by atoms with Crippen molar-refractivity contribution < 1.29 is 4.92 Å². The molecule has 0 amide bonds.